The highest BCUT2D eigenvalue weighted by atomic mass is 127. The first-order chi connectivity index (χ1) is 0. The summed E-state index contributed by atoms with van der Waals surface area (Å²) in [4.78, 5) is 0. The van der Waals surface area contributed by atoms with Crippen LogP contribution in [0.1, 0.15) is 0 Å². The largest absolute Gasteiger partial charge is 0.269 e. The second-order valence-corrected chi connectivity index (χ2v) is 0. The Morgan fingerprint density at radius 1 is 0.250 bits per heavy atom. The van der Waals surface area contributed by atoms with Crippen LogP contribution < -0.4 is 0 Å². The van der Waals surface area contributed by atoms with E-state index in [1.807, 2.05) is 0 Å². The van der Waals surface area contributed by atoms with E-state index in [2.05, 4.69) is 0 Å². The van der Waals surface area contributed by atoms with Crippen molar-refractivity contribution in [1.29, 1.82) is 0 Å². The molecule has 0 bridgehead atoms. The molecule has 0 radical (unpaired) electrons. The fourth-order valence-corrected chi connectivity index (χ4v) is 0. The summed E-state index contributed by atoms with van der Waals surface area (Å²) in [6, 6.07) is 0. The molecule has 0 spiro atoms. The zero-order valence-corrected chi connectivity index (χ0v) is 12.6. The Morgan fingerprint density at radius 2 is 0.250 bits per heavy atom. The Labute approximate surface area is 113 Å². The summed E-state index contributed by atoms with van der Waals surface area (Å²) in [6.07, 6.45) is 0. The molecule has 64 valence electrons. The molecule has 0 rings (SSSR count). The average Bonchev–Trinajstić information content (AvgIpc) is 0. The van der Waals surface area contributed by atoms with Crippen LogP contribution in [0.5, 0.6) is 0 Å². The lowest BCUT2D eigenvalue weighted by Crippen LogP contribution is 0.419. The maximum atomic E-state index is 0. The summed E-state index contributed by atoms with van der Waals surface area (Å²) in [7, 11) is 0. The molecule has 0 saturated carbocycles. The summed E-state index contributed by atoms with van der Waals surface area (Å²) < 4.78 is 0. The van der Waals surface area contributed by atoms with Crippen molar-refractivity contribution < 1.29 is 18.8 Å². The van der Waals surface area contributed by atoms with Gasteiger partial charge in [-0.15, -0.1) is 95.9 Å². The summed E-state index contributed by atoms with van der Waals surface area (Å²) in [5.74, 6) is 0. The van der Waals surface area contributed by atoms with Crippen molar-refractivity contribution in [3.05, 3.63) is 0 Å². The van der Waals surface area contributed by atoms with Crippen molar-refractivity contribution in [2.24, 2.45) is 0 Å². The quantitative estimate of drug-likeness (QED) is 0.300. The van der Waals surface area contributed by atoms with Crippen LogP contribution in [0.4, 0.5) is 18.8 Å². The van der Waals surface area contributed by atoms with E-state index in [-0.39, 0.29) is 115 Å². The molecule has 8 heavy (non-hydrogen) atoms. The van der Waals surface area contributed by atoms with Gasteiger partial charge < -0.3 is 0 Å². The molecular formula is H8F4I4. The van der Waals surface area contributed by atoms with Crippen LogP contribution in [0, 0.1) is 0 Å². The van der Waals surface area contributed by atoms with Crippen molar-refractivity contribution in [3.8, 4) is 0 Å². The lowest BCUT2D eigenvalue weighted by atomic mass is 19.0. The van der Waals surface area contributed by atoms with Gasteiger partial charge in [0.2, 0.25) is 0 Å². The zero-order chi connectivity index (χ0) is 0. The minimum atomic E-state index is 0. The molecular weight excluding hydrogens is 584 g/mol. The van der Waals surface area contributed by atoms with Crippen LogP contribution in [-0.4, -0.2) is 0 Å². The van der Waals surface area contributed by atoms with E-state index < -0.39 is 0 Å². The minimum Gasteiger partial charge on any atom is -0.269 e. The molecule has 0 amide bonds. The van der Waals surface area contributed by atoms with Crippen LogP contribution in [-0.2, 0) is 0 Å². The van der Waals surface area contributed by atoms with Gasteiger partial charge in [0.1, 0.15) is 0 Å². The van der Waals surface area contributed by atoms with Gasteiger partial charge in [-0.05, 0) is 0 Å². The van der Waals surface area contributed by atoms with Gasteiger partial charge in [-0.2, -0.15) is 0 Å². The Kier molecular flexibility index (Phi) is 1830. The number of rotatable bonds is 0. The van der Waals surface area contributed by atoms with Gasteiger partial charge in [0.05, 0.1) is 0 Å². The third-order valence-electron chi connectivity index (χ3n) is 0. The Hall–Kier alpha value is 2.64. The molecule has 8 heteroatoms. The monoisotopic (exact) mass is 592 g/mol. The number of halogens is 8. The summed E-state index contributed by atoms with van der Waals surface area (Å²) in [6.45, 7) is 0. The SMILES string of the molecule is F.F.F.F.I.I.I.I. The van der Waals surface area contributed by atoms with E-state index in [1.165, 1.54) is 0 Å². The van der Waals surface area contributed by atoms with Gasteiger partial charge in [0, 0.05) is 0 Å². The average molecular weight is 592 g/mol. The second-order valence-electron chi connectivity index (χ2n) is 0. The highest BCUT2D eigenvalue weighted by Crippen LogP contribution is 0.889. The summed E-state index contributed by atoms with van der Waals surface area (Å²) in [5, 5.41) is 0. The van der Waals surface area contributed by atoms with Crippen molar-refractivity contribution in [2.45, 2.75) is 0 Å². The highest BCUT2D eigenvalue weighted by Gasteiger charge is -0.104. The molecule has 0 aromatic rings. The lowest BCUT2D eigenvalue weighted by Gasteiger charge is -0.270. The molecule has 0 N–H and O–H groups in total. The van der Waals surface area contributed by atoms with Crippen molar-refractivity contribution >= 4 is 95.9 Å². The minimum absolute atomic E-state index is 0. The maximum Gasteiger partial charge on any atom is -0.107 e. The summed E-state index contributed by atoms with van der Waals surface area (Å²) in [5.41, 5.74) is 0. The van der Waals surface area contributed by atoms with E-state index >= 15 is 0 Å². The van der Waals surface area contributed by atoms with Crippen molar-refractivity contribution in [1.82, 2.24) is 0 Å². The molecule has 0 unspecified atom stereocenters. The first kappa shape index (κ1) is 142. The fourth-order valence-electron chi connectivity index (χ4n) is 0. The van der Waals surface area contributed by atoms with Crippen molar-refractivity contribution in [3.63, 3.8) is 0 Å². The molecule has 0 saturated heterocycles. The Balaban J connectivity index is 0. The predicted molar refractivity (Wildman–Crippen MR) is 71.7 cm³/mol. The topological polar surface area (TPSA) is 0 Å². The van der Waals surface area contributed by atoms with Gasteiger partial charge in [0.25, 0.3) is 0 Å². The molecule has 0 aliphatic rings. The van der Waals surface area contributed by atoms with Crippen LogP contribution in [0.2, 0.25) is 0 Å². The zero-order valence-electron chi connectivity index (χ0n) is 3.27. The molecule has 0 aromatic carbocycles. The second kappa shape index (κ2) is 103. The Bertz CT molecular complexity index is 8.00. The first-order valence-electron chi connectivity index (χ1n) is 0. The molecule has 0 atom stereocenters. The normalized spacial score (nSPS) is 0. The van der Waals surface area contributed by atoms with E-state index in [9.17, 15) is 0 Å². The van der Waals surface area contributed by atoms with E-state index in [1.54, 1.807) is 0 Å². The van der Waals surface area contributed by atoms with Crippen molar-refractivity contribution in [2.75, 3.05) is 0 Å². The van der Waals surface area contributed by atoms with Crippen LogP contribution in [0.15, 0.2) is 0 Å². The first-order valence-corrected chi connectivity index (χ1v) is 0. The molecule has 0 aliphatic carbocycles. The van der Waals surface area contributed by atoms with Gasteiger partial charge in [-0.1, -0.05) is 0 Å². The van der Waals surface area contributed by atoms with Gasteiger partial charge in [-0.25, -0.2) is 0 Å². The van der Waals surface area contributed by atoms with E-state index in [0.717, 1.165) is 0 Å². The van der Waals surface area contributed by atoms with Gasteiger partial charge in [-0.3, -0.25) is 18.8 Å². The smallest absolute Gasteiger partial charge is 0.107 e. The number of hydrogen-bond acceptors (Lipinski definition) is 0. The van der Waals surface area contributed by atoms with Crippen LogP contribution in [0.25, 0.3) is 0 Å². The standard InChI is InChI=1S/4FH.4HI/h8*1H. The van der Waals surface area contributed by atoms with Crippen LogP contribution in [0.3, 0.4) is 0 Å². The predicted octanol–water partition coefficient (Wildman–Crippen LogP) is 3.08. The van der Waals surface area contributed by atoms with Gasteiger partial charge >= 0.3 is 0 Å². The van der Waals surface area contributed by atoms with Gasteiger partial charge in [0.15, 0.2) is 0 Å². The maximum absolute atomic E-state index is 0. The third kappa shape index (κ3) is 72.4. The fraction of sp³-hybridized carbons (Fsp3) is 0. The molecule has 0 fully saturated rings. The highest BCUT2D eigenvalue weighted by molar-refractivity contribution is 14.0. The van der Waals surface area contributed by atoms with E-state index in [4.69, 9.17) is 0 Å². The molecule has 0 nitrogen and oxygen atoms in total. The molecule has 0 aromatic heterocycles. The Morgan fingerprint density at radius 3 is 0.250 bits per heavy atom. The number of hydrogen-bond donors (Lipinski definition) is 0. The van der Waals surface area contributed by atoms with E-state index in [0.29, 0.717) is 0 Å². The van der Waals surface area contributed by atoms with Crippen LogP contribution >= 0.6 is 95.9 Å². The summed E-state index contributed by atoms with van der Waals surface area (Å²) >= 11 is 0. The molecule has 0 heterocycles. The third-order valence-corrected chi connectivity index (χ3v) is 0. The molecule has 0 aliphatic heterocycles. The lowest BCUT2D eigenvalue weighted by molar-refractivity contribution is 1.11.